The summed E-state index contributed by atoms with van der Waals surface area (Å²) >= 11 is 0. The van der Waals surface area contributed by atoms with Crippen LogP contribution in [0.15, 0.2) is 67.3 Å². The Hall–Kier alpha value is -4.87. The molecule has 0 aliphatic heterocycles. The lowest BCUT2D eigenvalue weighted by molar-refractivity contribution is -0.141. The predicted molar refractivity (Wildman–Crippen MR) is 159 cm³/mol. The molecule has 0 saturated carbocycles. The standard InChI is InChI=1S/C31H40N4O8/c1-6-15-42-23-14-10-13-22(16-23)18-25(35-30(40)43-31(2,3)4)29(39)32-19-26(36)34-24(17-21-11-8-7-9-12-21)28(38)33-20-27(37)41-5/h6-14,16,24-25H,1,15,17-20H2,2-5H3,(H,32,39)(H,33,38)(H,34,36)(H,35,40)/t24-,25-/m0/s1. The first-order chi connectivity index (χ1) is 20.4. The molecule has 232 valence electrons. The van der Waals surface area contributed by atoms with Gasteiger partial charge in [-0.05, 0) is 44.0 Å². The Kier molecular flexibility index (Phi) is 13.7. The highest BCUT2D eigenvalue weighted by Gasteiger charge is 2.26. The Balaban J connectivity index is 2.11. The number of hydrogen-bond donors (Lipinski definition) is 4. The molecule has 0 spiro atoms. The number of rotatable bonds is 15. The Labute approximate surface area is 251 Å². The molecule has 0 bridgehead atoms. The van der Waals surface area contributed by atoms with Crippen LogP contribution in [0.25, 0.3) is 0 Å². The van der Waals surface area contributed by atoms with Crippen LogP contribution in [-0.4, -0.2) is 74.3 Å². The van der Waals surface area contributed by atoms with Gasteiger partial charge in [0, 0.05) is 12.8 Å². The van der Waals surface area contributed by atoms with Crippen LogP contribution in [0.5, 0.6) is 5.75 Å². The first-order valence-electron chi connectivity index (χ1n) is 13.7. The minimum Gasteiger partial charge on any atom is -0.490 e. The van der Waals surface area contributed by atoms with Gasteiger partial charge in [-0.25, -0.2) is 4.79 Å². The van der Waals surface area contributed by atoms with Crippen molar-refractivity contribution in [1.29, 1.82) is 0 Å². The minimum atomic E-state index is -1.10. The molecule has 2 rings (SSSR count). The number of methoxy groups -OCH3 is 1. The maximum atomic E-state index is 13.2. The van der Waals surface area contributed by atoms with E-state index in [1.54, 1.807) is 75.4 Å². The normalized spacial score (nSPS) is 12.1. The maximum absolute atomic E-state index is 13.2. The van der Waals surface area contributed by atoms with Crippen LogP contribution in [0.2, 0.25) is 0 Å². The van der Waals surface area contributed by atoms with E-state index in [1.165, 1.54) is 7.11 Å². The number of hydrogen-bond acceptors (Lipinski definition) is 8. The average molecular weight is 597 g/mol. The van der Waals surface area contributed by atoms with Crippen molar-refractivity contribution < 1.29 is 38.2 Å². The lowest BCUT2D eigenvalue weighted by Crippen LogP contribution is -2.54. The second-order valence-electron chi connectivity index (χ2n) is 10.5. The summed E-state index contributed by atoms with van der Waals surface area (Å²) < 4.78 is 15.4. The Morgan fingerprint density at radius 3 is 2.07 bits per heavy atom. The quantitative estimate of drug-likeness (QED) is 0.179. The second-order valence-corrected chi connectivity index (χ2v) is 10.5. The van der Waals surface area contributed by atoms with Crippen LogP contribution in [0.3, 0.4) is 0 Å². The number of amides is 4. The van der Waals surface area contributed by atoms with Gasteiger partial charge in [-0.15, -0.1) is 0 Å². The van der Waals surface area contributed by atoms with E-state index >= 15 is 0 Å². The van der Waals surface area contributed by atoms with Crippen LogP contribution in [0.4, 0.5) is 4.79 Å². The van der Waals surface area contributed by atoms with Crippen molar-refractivity contribution in [3.8, 4) is 5.75 Å². The number of carbonyl (C=O) groups is 5. The van der Waals surface area contributed by atoms with Crippen LogP contribution >= 0.6 is 0 Å². The van der Waals surface area contributed by atoms with Crippen molar-refractivity contribution in [3.63, 3.8) is 0 Å². The Morgan fingerprint density at radius 2 is 1.44 bits per heavy atom. The zero-order valence-electron chi connectivity index (χ0n) is 24.9. The smallest absolute Gasteiger partial charge is 0.408 e. The van der Waals surface area contributed by atoms with Crippen LogP contribution in [-0.2, 0) is 41.5 Å². The van der Waals surface area contributed by atoms with Crippen LogP contribution in [0, 0.1) is 0 Å². The summed E-state index contributed by atoms with van der Waals surface area (Å²) in [5, 5.41) is 10.1. The molecule has 2 atom stereocenters. The molecule has 0 aliphatic carbocycles. The second kappa shape index (κ2) is 17.2. The molecule has 0 radical (unpaired) electrons. The van der Waals surface area contributed by atoms with E-state index < -0.39 is 54.0 Å². The summed E-state index contributed by atoms with van der Waals surface area (Å²) in [6.45, 7) is 8.15. The van der Waals surface area contributed by atoms with Crippen molar-refractivity contribution >= 4 is 29.8 Å². The van der Waals surface area contributed by atoms with E-state index in [0.717, 1.165) is 5.56 Å². The van der Waals surface area contributed by atoms with Gasteiger partial charge in [-0.3, -0.25) is 19.2 Å². The largest absolute Gasteiger partial charge is 0.490 e. The zero-order valence-corrected chi connectivity index (χ0v) is 24.9. The molecule has 12 nitrogen and oxygen atoms in total. The molecular formula is C31H40N4O8. The lowest BCUT2D eigenvalue weighted by Gasteiger charge is -2.24. The molecule has 2 aromatic rings. The highest BCUT2D eigenvalue weighted by atomic mass is 16.6. The fraction of sp³-hybridized carbons (Fsp3) is 0.387. The fourth-order valence-corrected chi connectivity index (χ4v) is 3.76. The monoisotopic (exact) mass is 596 g/mol. The Bertz CT molecular complexity index is 1260. The molecule has 0 unspecified atom stereocenters. The molecule has 4 amide bonds. The molecule has 0 saturated heterocycles. The van der Waals surface area contributed by atoms with Gasteiger partial charge < -0.3 is 35.5 Å². The highest BCUT2D eigenvalue weighted by Crippen LogP contribution is 2.15. The number of nitrogens with one attached hydrogen (secondary N) is 4. The third kappa shape index (κ3) is 13.6. The molecule has 0 fully saturated rings. The molecule has 43 heavy (non-hydrogen) atoms. The van der Waals surface area contributed by atoms with Crippen LogP contribution in [0.1, 0.15) is 31.9 Å². The van der Waals surface area contributed by atoms with Gasteiger partial charge in [-0.1, -0.05) is 55.1 Å². The summed E-state index contributed by atoms with van der Waals surface area (Å²) in [5.74, 6) is -1.99. The number of ether oxygens (including phenoxy) is 3. The third-order valence-electron chi connectivity index (χ3n) is 5.71. The Morgan fingerprint density at radius 1 is 0.837 bits per heavy atom. The molecule has 4 N–H and O–H groups in total. The maximum Gasteiger partial charge on any atom is 0.408 e. The van der Waals surface area contributed by atoms with Crippen molar-refractivity contribution in [1.82, 2.24) is 21.3 Å². The van der Waals surface area contributed by atoms with Crippen molar-refractivity contribution in [2.24, 2.45) is 0 Å². The fourth-order valence-electron chi connectivity index (χ4n) is 3.76. The minimum absolute atomic E-state index is 0.0740. The third-order valence-corrected chi connectivity index (χ3v) is 5.71. The number of benzene rings is 2. The summed E-state index contributed by atoms with van der Waals surface area (Å²) in [6.07, 6.45) is 1.01. The number of alkyl carbamates (subject to hydrolysis) is 1. The van der Waals surface area contributed by atoms with Gasteiger partial charge in [0.15, 0.2) is 0 Å². The highest BCUT2D eigenvalue weighted by molar-refractivity contribution is 5.93. The van der Waals surface area contributed by atoms with Gasteiger partial charge in [0.25, 0.3) is 0 Å². The summed E-state index contributed by atoms with van der Waals surface area (Å²) in [7, 11) is 1.19. The van der Waals surface area contributed by atoms with Crippen LogP contribution < -0.4 is 26.0 Å². The summed E-state index contributed by atoms with van der Waals surface area (Å²) in [6, 6.07) is 13.8. The molecule has 0 aliphatic rings. The topological polar surface area (TPSA) is 161 Å². The molecule has 12 heteroatoms. The lowest BCUT2D eigenvalue weighted by atomic mass is 10.0. The molecule has 0 aromatic heterocycles. The molecular weight excluding hydrogens is 556 g/mol. The SMILES string of the molecule is C=CCOc1cccc(C[C@H](NC(=O)OC(C)(C)C)C(=O)NCC(=O)N[C@@H](Cc2ccccc2)C(=O)NCC(=O)OC)c1. The van der Waals surface area contributed by atoms with Gasteiger partial charge in [-0.2, -0.15) is 0 Å². The summed E-state index contributed by atoms with van der Waals surface area (Å²) in [5.41, 5.74) is 0.657. The number of carbonyl (C=O) groups excluding carboxylic acids is 5. The van der Waals surface area contributed by atoms with E-state index in [1.807, 2.05) is 6.07 Å². The van der Waals surface area contributed by atoms with Crippen molar-refractivity contribution in [2.45, 2.75) is 51.3 Å². The first kappa shape index (κ1) is 34.3. The summed E-state index contributed by atoms with van der Waals surface area (Å²) in [4.78, 5) is 62.8. The van der Waals surface area contributed by atoms with Gasteiger partial charge in [0.05, 0.1) is 13.7 Å². The van der Waals surface area contributed by atoms with E-state index in [9.17, 15) is 24.0 Å². The van der Waals surface area contributed by atoms with Crippen molar-refractivity contribution in [2.75, 3.05) is 26.8 Å². The average Bonchev–Trinajstić information content (AvgIpc) is 2.96. The van der Waals surface area contributed by atoms with E-state index in [-0.39, 0.29) is 19.4 Å². The van der Waals surface area contributed by atoms with E-state index in [2.05, 4.69) is 32.6 Å². The number of esters is 1. The van der Waals surface area contributed by atoms with E-state index in [4.69, 9.17) is 9.47 Å². The van der Waals surface area contributed by atoms with Gasteiger partial charge in [0.1, 0.15) is 36.6 Å². The molecule has 0 heterocycles. The molecule has 2 aromatic carbocycles. The van der Waals surface area contributed by atoms with Crippen molar-refractivity contribution in [3.05, 3.63) is 78.4 Å². The van der Waals surface area contributed by atoms with E-state index in [0.29, 0.717) is 17.9 Å². The van der Waals surface area contributed by atoms with Gasteiger partial charge >= 0.3 is 12.1 Å². The van der Waals surface area contributed by atoms with Gasteiger partial charge in [0.2, 0.25) is 17.7 Å². The predicted octanol–water partition coefficient (Wildman–Crippen LogP) is 1.82. The zero-order chi connectivity index (χ0) is 31.8. The first-order valence-corrected chi connectivity index (χ1v) is 13.7.